The van der Waals surface area contributed by atoms with Gasteiger partial charge >= 0.3 is 0 Å². The molecular formula is C16H20N4O. The van der Waals surface area contributed by atoms with Crippen LogP contribution in [0.1, 0.15) is 43.7 Å². The van der Waals surface area contributed by atoms with Gasteiger partial charge in [-0.15, -0.1) is 0 Å². The number of hydrogen-bond donors (Lipinski definition) is 2. The molecule has 0 atom stereocenters. The third kappa shape index (κ3) is 2.63. The Morgan fingerprint density at radius 3 is 2.57 bits per heavy atom. The Bertz CT molecular complexity index is 627. The second-order valence-corrected chi connectivity index (χ2v) is 5.49. The van der Waals surface area contributed by atoms with Crippen LogP contribution in [0.25, 0.3) is 11.3 Å². The Morgan fingerprint density at radius 1 is 1.19 bits per heavy atom. The van der Waals surface area contributed by atoms with Crippen molar-refractivity contribution in [2.45, 2.75) is 38.1 Å². The molecule has 1 fully saturated rings. The van der Waals surface area contributed by atoms with Crippen LogP contribution in [-0.2, 0) is 0 Å². The first-order valence-electron chi connectivity index (χ1n) is 7.42. The van der Waals surface area contributed by atoms with E-state index in [9.17, 15) is 0 Å². The lowest BCUT2D eigenvalue weighted by molar-refractivity contribution is 0.318. The van der Waals surface area contributed by atoms with Crippen LogP contribution in [0.5, 0.6) is 0 Å². The minimum atomic E-state index is 0.107. The standard InChI is InChI=1S/C16H20N4O/c17-16(19-21)14-11-18-20(13-9-5-2-6-10-13)15(14)12-7-3-1-4-8-12/h1,3-4,7-8,11,13,21H,2,5-6,9-10H2,(H2,17,19). The van der Waals surface area contributed by atoms with Gasteiger partial charge in [0.25, 0.3) is 0 Å². The predicted octanol–water partition coefficient (Wildman–Crippen LogP) is 3.15. The van der Waals surface area contributed by atoms with Crippen molar-refractivity contribution in [2.75, 3.05) is 0 Å². The van der Waals surface area contributed by atoms with E-state index in [-0.39, 0.29) is 5.84 Å². The summed E-state index contributed by atoms with van der Waals surface area (Å²) in [6.07, 6.45) is 7.74. The summed E-state index contributed by atoms with van der Waals surface area (Å²) in [7, 11) is 0. The topological polar surface area (TPSA) is 76.4 Å². The number of nitrogens with two attached hydrogens (primary N) is 1. The van der Waals surface area contributed by atoms with Gasteiger partial charge in [-0.05, 0) is 12.8 Å². The highest BCUT2D eigenvalue weighted by Gasteiger charge is 2.23. The van der Waals surface area contributed by atoms with Gasteiger partial charge in [-0.3, -0.25) is 4.68 Å². The summed E-state index contributed by atoms with van der Waals surface area (Å²) in [5, 5.41) is 16.7. The van der Waals surface area contributed by atoms with Crippen LogP contribution in [0.3, 0.4) is 0 Å². The van der Waals surface area contributed by atoms with Crippen molar-refractivity contribution >= 4 is 5.84 Å². The van der Waals surface area contributed by atoms with Crippen LogP contribution in [0.4, 0.5) is 0 Å². The molecule has 1 heterocycles. The first kappa shape index (κ1) is 13.7. The number of benzene rings is 1. The Balaban J connectivity index is 2.10. The second-order valence-electron chi connectivity index (χ2n) is 5.49. The average molecular weight is 284 g/mol. The van der Waals surface area contributed by atoms with Gasteiger partial charge in [-0.1, -0.05) is 54.8 Å². The van der Waals surface area contributed by atoms with Gasteiger partial charge in [0.1, 0.15) is 0 Å². The summed E-state index contributed by atoms with van der Waals surface area (Å²) < 4.78 is 2.06. The number of hydrogen-bond acceptors (Lipinski definition) is 3. The van der Waals surface area contributed by atoms with E-state index in [1.165, 1.54) is 19.3 Å². The van der Waals surface area contributed by atoms with E-state index in [0.717, 1.165) is 24.1 Å². The molecule has 1 saturated carbocycles. The van der Waals surface area contributed by atoms with Gasteiger partial charge in [0.2, 0.25) is 0 Å². The molecule has 0 amide bonds. The summed E-state index contributed by atoms with van der Waals surface area (Å²) in [6.45, 7) is 0. The molecule has 5 heteroatoms. The summed E-state index contributed by atoms with van der Waals surface area (Å²) in [6, 6.07) is 10.4. The van der Waals surface area contributed by atoms with Crippen molar-refractivity contribution in [3.05, 3.63) is 42.1 Å². The van der Waals surface area contributed by atoms with Crippen molar-refractivity contribution < 1.29 is 5.21 Å². The van der Waals surface area contributed by atoms with E-state index in [1.807, 2.05) is 30.3 Å². The van der Waals surface area contributed by atoms with Crippen molar-refractivity contribution in [2.24, 2.45) is 10.9 Å². The fraction of sp³-hybridized carbons (Fsp3) is 0.375. The molecule has 0 aliphatic heterocycles. The number of amidine groups is 1. The molecule has 2 aromatic rings. The van der Waals surface area contributed by atoms with E-state index >= 15 is 0 Å². The number of nitrogens with zero attached hydrogens (tertiary/aromatic N) is 3. The van der Waals surface area contributed by atoms with Crippen LogP contribution < -0.4 is 5.73 Å². The van der Waals surface area contributed by atoms with E-state index in [2.05, 4.69) is 14.9 Å². The van der Waals surface area contributed by atoms with E-state index in [4.69, 9.17) is 10.9 Å². The zero-order valence-electron chi connectivity index (χ0n) is 11.9. The van der Waals surface area contributed by atoms with Crippen LogP contribution in [0.15, 0.2) is 41.7 Å². The molecule has 3 rings (SSSR count). The molecule has 0 saturated heterocycles. The smallest absolute Gasteiger partial charge is 0.173 e. The molecule has 0 spiro atoms. The molecule has 1 aliphatic rings. The molecule has 0 unspecified atom stereocenters. The molecule has 21 heavy (non-hydrogen) atoms. The lowest BCUT2D eigenvalue weighted by Gasteiger charge is -2.24. The quantitative estimate of drug-likeness (QED) is 0.393. The third-order valence-electron chi connectivity index (χ3n) is 4.15. The van der Waals surface area contributed by atoms with Gasteiger partial charge < -0.3 is 10.9 Å². The van der Waals surface area contributed by atoms with Gasteiger partial charge in [0.05, 0.1) is 23.5 Å². The maximum Gasteiger partial charge on any atom is 0.173 e. The highest BCUT2D eigenvalue weighted by atomic mass is 16.4. The van der Waals surface area contributed by atoms with Crippen LogP contribution in [0, 0.1) is 0 Å². The Labute approximate surface area is 124 Å². The van der Waals surface area contributed by atoms with E-state index in [0.29, 0.717) is 11.6 Å². The first-order valence-corrected chi connectivity index (χ1v) is 7.42. The highest BCUT2D eigenvalue weighted by Crippen LogP contribution is 2.33. The average Bonchev–Trinajstić information content (AvgIpc) is 3.00. The minimum absolute atomic E-state index is 0.107. The molecule has 3 N–H and O–H groups in total. The largest absolute Gasteiger partial charge is 0.409 e. The fourth-order valence-corrected chi connectivity index (χ4v) is 3.09. The molecule has 0 bridgehead atoms. The second kappa shape index (κ2) is 5.99. The summed E-state index contributed by atoms with van der Waals surface area (Å²) in [5.41, 5.74) is 8.50. The van der Waals surface area contributed by atoms with Crippen molar-refractivity contribution in [1.29, 1.82) is 0 Å². The summed E-state index contributed by atoms with van der Waals surface area (Å²) in [5.74, 6) is 0.107. The molecule has 0 radical (unpaired) electrons. The van der Waals surface area contributed by atoms with E-state index in [1.54, 1.807) is 6.20 Å². The van der Waals surface area contributed by atoms with Gasteiger partial charge in [-0.25, -0.2) is 0 Å². The van der Waals surface area contributed by atoms with Crippen LogP contribution in [-0.4, -0.2) is 20.8 Å². The zero-order chi connectivity index (χ0) is 14.7. The maximum atomic E-state index is 9.01. The molecule has 5 nitrogen and oxygen atoms in total. The normalized spacial score (nSPS) is 17.0. The summed E-state index contributed by atoms with van der Waals surface area (Å²) in [4.78, 5) is 0. The first-order chi connectivity index (χ1) is 10.3. The lowest BCUT2D eigenvalue weighted by Crippen LogP contribution is -2.17. The van der Waals surface area contributed by atoms with E-state index < -0.39 is 0 Å². The summed E-state index contributed by atoms with van der Waals surface area (Å²) >= 11 is 0. The van der Waals surface area contributed by atoms with Crippen LogP contribution in [0.2, 0.25) is 0 Å². The zero-order valence-corrected chi connectivity index (χ0v) is 11.9. The van der Waals surface area contributed by atoms with Crippen molar-refractivity contribution in [3.63, 3.8) is 0 Å². The van der Waals surface area contributed by atoms with Gasteiger partial charge in [0, 0.05) is 5.56 Å². The Hall–Kier alpha value is -2.30. The van der Waals surface area contributed by atoms with Crippen LogP contribution >= 0.6 is 0 Å². The Morgan fingerprint density at radius 2 is 1.90 bits per heavy atom. The predicted molar refractivity (Wildman–Crippen MR) is 82.3 cm³/mol. The minimum Gasteiger partial charge on any atom is -0.409 e. The third-order valence-corrected chi connectivity index (χ3v) is 4.15. The molecule has 1 aromatic heterocycles. The lowest BCUT2D eigenvalue weighted by atomic mass is 9.95. The van der Waals surface area contributed by atoms with Crippen molar-refractivity contribution in [1.82, 2.24) is 9.78 Å². The van der Waals surface area contributed by atoms with Gasteiger partial charge in [-0.2, -0.15) is 5.10 Å². The molecule has 1 aliphatic carbocycles. The maximum absolute atomic E-state index is 9.01. The number of aromatic nitrogens is 2. The van der Waals surface area contributed by atoms with Crippen molar-refractivity contribution in [3.8, 4) is 11.3 Å². The SMILES string of the molecule is N/C(=N\O)c1cnn(C2CCCCC2)c1-c1ccccc1. The van der Waals surface area contributed by atoms with Gasteiger partial charge in [0.15, 0.2) is 5.84 Å². The highest BCUT2D eigenvalue weighted by molar-refractivity contribution is 6.02. The molecule has 1 aromatic carbocycles. The number of oxime groups is 1. The molecule has 110 valence electrons. The Kier molecular flexibility index (Phi) is 3.90. The fourth-order valence-electron chi connectivity index (χ4n) is 3.09. The molecular weight excluding hydrogens is 264 g/mol. The number of rotatable bonds is 3. The monoisotopic (exact) mass is 284 g/mol.